The highest BCUT2D eigenvalue weighted by Gasteiger charge is 2.19. The molecule has 0 saturated carbocycles. The molecule has 0 radical (unpaired) electrons. The monoisotopic (exact) mass is 394 g/mol. The molecule has 0 spiro atoms. The second kappa shape index (κ2) is 9.91. The summed E-state index contributed by atoms with van der Waals surface area (Å²) in [5, 5.41) is 14.6. The Kier molecular flexibility index (Phi) is 7.05. The fourth-order valence-corrected chi connectivity index (χ4v) is 3.53. The lowest BCUT2D eigenvalue weighted by molar-refractivity contribution is 0.235. The summed E-state index contributed by atoms with van der Waals surface area (Å²) in [6, 6.07) is 13.7. The average Bonchev–Trinajstić information content (AvgIpc) is 3.16. The number of aryl methyl sites for hydroxylation is 1. The molecule has 0 saturated heterocycles. The normalized spacial score (nSPS) is 12.0. The fourth-order valence-electron chi connectivity index (χ4n) is 3.53. The quantitative estimate of drug-likeness (QED) is 0.580. The van der Waals surface area contributed by atoms with Gasteiger partial charge in [0, 0.05) is 31.5 Å². The molecule has 7 nitrogen and oxygen atoms in total. The van der Waals surface area contributed by atoms with Gasteiger partial charge in [0.2, 0.25) is 0 Å². The van der Waals surface area contributed by atoms with Gasteiger partial charge in [-0.25, -0.2) is 4.79 Å². The SMILES string of the molecule is CCCC(NC(=O)NCCN(CC)c1ccccc1C)c1nnc2ccccn12. The summed E-state index contributed by atoms with van der Waals surface area (Å²) >= 11 is 0. The molecule has 29 heavy (non-hydrogen) atoms. The predicted octanol–water partition coefficient (Wildman–Crippen LogP) is 3.70. The Morgan fingerprint density at radius 2 is 1.93 bits per heavy atom. The number of fused-ring (bicyclic) bond motifs is 1. The van der Waals surface area contributed by atoms with E-state index in [1.165, 1.54) is 11.3 Å². The number of anilines is 1. The second-order valence-corrected chi connectivity index (χ2v) is 7.09. The standard InChI is InChI=1S/C22H30N6O/c1-4-10-18(21-26-25-20-13-8-9-15-28(20)21)24-22(29)23-14-16-27(5-2)19-12-7-6-11-17(19)3/h6-9,11-13,15,18H,4-5,10,14,16H2,1-3H3,(H2,23,24,29). The molecular weight excluding hydrogens is 364 g/mol. The molecule has 154 valence electrons. The molecule has 0 aliphatic carbocycles. The molecule has 1 aromatic carbocycles. The summed E-state index contributed by atoms with van der Waals surface area (Å²) in [5.74, 6) is 0.757. The van der Waals surface area contributed by atoms with E-state index >= 15 is 0 Å². The van der Waals surface area contributed by atoms with Gasteiger partial charge in [0.1, 0.15) is 0 Å². The maximum absolute atomic E-state index is 12.5. The maximum atomic E-state index is 12.5. The first-order valence-corrected chi connectivity index (χ1v) is 10.3. The topological polar surface area (TPSA) is 74.6 Å². The zero-order chi connectivity index (χ0) is 20.6. The lowest BCUT2D eigenvalue weighted by atomic mass is 10.1. The fraction of sp³-hybridized carbons (Fsp3) is 0.409. The van der Waals surface area contributed by atoms with E-state index in [-0.39, 0.29) is 12.1 Å². The van der Waals surface area contributed by atoms with Crippen LogP contribution in [0.5, 0.6) is 0 Å². The van der Waals surface area contributed by atoms with Gasteiger partial charge < -0.3 is 15.5 Å². The van der Waals surface area contributed by atoms with Crippen molar-refractivity contribution in [3.8, 4) is 0 Å². The zero-order valence-electron chi connectivity index (χ0n) is 17.4. The van der Waals surface area contributed by atoms with Crippen LogP contribution in [0.15, 0.2) is 48.7 Å². The Bertz CT molecular complexity index is 938. The number of hydrogen-bond donors (Lipinski definition) is 2. The van der Waals surface area contributed by atoms with E-state index in [0.29, 0.717) is 6.54 Å². The van der Waals surface area contributed by atoms with Crippen LogP contribution < -0.4 is 15.5 Å². The number of rotatable bonds is 9. The lowest BCUT2D eigenvalue weighted by Crippen LogP contribution is -2.42. The van der Waals surface area contributed by atoms with Gasteiger partial charge in [-0.15, -0.1) is 10.2 Å². The smallest absolute Gasteiger partial charge is 0.315 e. The van der Waals surface area contributed by atoms with Crippen molar-refractivity contribution in [3.63, 3.8) is 0 Å². The first kappa shape index (κ1) is 20.6. The zero-order valence-corrected chi connectivity index (χ0v) is 17.4. The van der Waals surface area contributed by atoms with Gasteiger partial charge in [0.15, 0.2) is 11.5 Å². The predicted molar refractivity (Wildman–Crippen MR) is 116 cm³/mol. The van der Waals surface area contributed by atoms with E-state index in [2.05, 4.69) is 58.6 Å². The van der Waals surface area contributed by atoms with Crippen molar-refractivity contribution in [2.45, 2.75) is 39.7 Å². The van der Waals surface area contributed by atoms with Crippen LogP contribution in [-0.2, 0) is 0 Å². The summed E-state index contributed by atoms with van der Waals surface area (Å²) in [6.45, 7) is 8.53. The van der Waals surface area contributed by atoms with Crippen LogP contribution in [0.25, 0.3) is 5.65 Å². The minimum Gasteiger partial charge on any atom is -0.370 e. The van der Waals surface area contributed by atoms with Crippen LogP contribution in [0, 0.1) is 6.92 Å². The highest BCUT2D eigenvalue weighted by molar-refractivity contribution is 5.74. The molecule has 0 bridgehead atoms. The van der Waals surface area contributed by atoms with Crippen LogP contribution >= 0.6 is 0 Å². The molecular formula is C22H30N6O. The molecule has 0 aliphatic rings. The Balaban J connectivity index is 1.59. The average molecular weight is 395 g/mol. The molecule has 2 aromatic heterocycles. The van der Waals surface area contributed by atoms with Crippen LogP contribution in [0.2, 0.25) is 0 Å². The van der Waals surface area contributed by atoms with Gasteiger partial charge in [0.05, 0.1) is 6.04 Å². The molecule has 2 amide bonds. The minimum absolute atomic E-state index is 0.183. The molecule has 0 aliphatic heterocycles. The number of nitrogens with one attached hydrogen (secondary N) is 2. The summed E-state index contributed by atoms with van der Waals surface area (Å²) in [6.07, 6.45) is 3.66. The third-order valence-corrected chi connectivity index (χ3v) is 5.04. The van der Waals surface area contributed by atoms with Crippen molar-refractivity contribution in [2.24, 2.45) is 0 Å². The van der Waals surface area contributed by atoms with Gasteiger partial charge in [0.25, 0.3) is 0 Å². The Labute approximate surface area is 172 Å². The van der Waals surface area contributed by atoms with Gasteiger partial charge in [-0.2, -0.15) is 0 Å². The maximum Gasteiger partial charge on any atom is 0.315 e. The Morgan fingerprint density at radius 1 is 1.14 bits per heavy atom. The second-order valence-electron chi connectivity index (χ2n) is 7.09. The largest absolute Gasteiger partial charge is 0.370 e. The summed E-state index contributed by atoms with van der Waals surface area (Å²) < 4.78 is 1.93. The number of benzene rings is 1. The first-order valence-electron chi connectivity index (χ1n) is 10.3. The molecule has 3 aromatic rings. The summed E-state index contributed by atoms with van der Waals surface area (Å²) in [7, 11) is 0. The van der Waals surface area contributed by atoms with Crippen LogP contribution in [0.4, 0.5) is 10.5 Å². The van der Waals surface area contributed by atoms with E-state index in [0.717, 1.165) is 37.4 Å². The third-order valence-electron chi connectivity index (χ3n) is 5.04. The number of pyridine rings is 1. The van der Waals surface area contributed by atoms with Crippen molar-refractivity contribution < 1.29 is 4.79 Å². The minimum atomic E-state index is -0.184. The molecule has 2 N–H and O–H groups in total. The number of likely N-dealkylation sites (N-methyl/N-ethyl adjacent to an activating group) is 1. The van der Waals surface area contributed by atoms with E-state index in [9.17, 15) is 4.79 Å². The molecule has 2 heterocycles. The number of amides is 2. The van der Waals surface area contributed by atoms with Gasteiger partial charge in [-0.3, -0.25) is 4.40 Å². The third kappa shape index (κ3) is 5.04. The summed E-state index contributed by atoms with van der Waals surface area (Å²) in [5.41, 5.74) is 3.22. The van der Waals surface area contributed by atoms with Gasteiger partial charge in [-0.05, 0) is 44.0 Å². The number of aromatic nitrogens is 3. The van der Waals surface area contributed by atoms with E-state index in [1.54, 1.807) is 0 Å². The number of nitrogens with zero attached hydrogens (tertiary/aromatic N) is 4. The molecule has 1 unspecified atom stereocenters. The van der Waals surface area contributed by atoms with Gasteiger partial charge in [-0.1, -0.05) is 37.6 Å². The van der Waals surface area contributed by atoms with Crippen LogP contribution in [0.3, 0.4) is 0 Å². The highest BCUT2D eigenvalue weighted by atomic mass is 16.2. The Morgan fingerprint density at radius 3 is 2.69 bits per heavy atom. The number of carbonyl (C=O) groups excluding carboxylic acids is 1. The first-order chi connectivity index (χ1) is 14.1. The van der Waals surface area contributed by atoms with Crippen LogP contribution in [-0.4, -0.2) is 40.3 Å². The molecule has 1 atom stereocenters. The molecule has 0 fully saturated rings. The van der Waals surface area contributed by atoms with Gasteiger partial charge >= 0.3 is 6.03 Å². The molecule has 7 heteroatoms. The Hall–Kier alpha value is -3.09. The van der Waals surface area contributed by atoms with Crippen molar-refractivity contribution in [1.82, 2.24) is 25.2 Å². The van der Waals surface area contributed by atoms with Crippen molar-refractivity contribution in [3.05, 3.63) is 60.0 Å². The van der Waals surface area contributed by atoms with E-state index in [4.69, 9.17) is 0 Å². The number of para-hydroxylation sites is 1. The van der Waals surface area contributed by atoms with Crippen molar-refractivity contribution in [1.29, 1.82) is 0 Å². The lowest BCUT2D eigenvalue weighted by Gasteiger charge is -2.25. The highest BCUT2D eigenvalue weighted by Crippen LogP contribution is 2.19. The van der Waals surface area contributed by atoms with Crippen molar-refractivity contribution in [2.75, 3.05) is 24.5 Å². The summed E-state index contributed by atoms with van der Waals surface area (Å²) in [4.78, 5) is 14.8. The number of carbonyl (C=O) groups is 1. The number of urea groups is 1. The number of hydrogen-bond acceptors (Lipinski definition) is 4. The van der Waals surface area contributed by atoms with Crippen molar-refractivity contribution >= 4 is 17.4 Å². The van der Waals surface area contributed by atoms with E-state index < -0.39 is 0 Å². The molecule has 3 rings (SSSR count). The van der Waals surface area contributed by atoms with Crippen LogP contribution in [0.1, 0.15) is 44.1 Å². The van der Waals surface area contributed by atoms with E-state index in [1.807, 2.05) is 40.9 Å².